The highest BCUT2D eigenvalue weighted by Crippen LogP contribution is 2.37. The lowest BCUT2D eigenvalue weighted by atomic mass is 9.97. The van der Waals surface area contributed by atoms with Gasteiger partial charge in [-0.1, -0.05) is 72.3 Å². The van der Waals surface area contributed by atoms with Crippen LogP contribution in [0.25, 0.3) is 10.9 Å². The molecular formula is C35H35ClN2O5S. The van der Waals surface area contributed by atoms with Crippen LogP contribution in [-0.4, -0.2) is 42.5 Å². The first-order valence-electron chi connectivity index (χ1n) is 14.5. The predicted octanol–water partition coefficient (Wildman–Crippen LogP) is 7.12. The lowest BCUT2D eigenvalue weighted by molar-refractivity contribution is 0.0697. The normalized spacial score (nSPS) is 11.8. The highest BCUT2D eigenvalue weighted by atomic mass is 35.5. The van der Waals surface area contributed by atoms with Gasteiger partial charge in [-0.25, -0.2) is 17.9 Å². The van der Waals surface area contributed by atoms with E-state index in [0.717, 1.165) is 33.3 Å². The highest BCUT2D eigenvalue weighted by molar-refractivity contribution is 7.90. The number of hydrogen-bond donors (Lipinski definition) is 2. The van der Waals surface area contributed by atoms with E-state index in [-0.39, 0.29) is 18.2 Å². The van der Waals surface area contributed by atoms with Gasteiger partial charge in [0.05, 0.1) is 23.5 Å². The number of halogens is 1. The van der Waals surface area contributed by atoms with E-state index in [1.807, 2.05) is 54.6 Å². The first kappa shape index (κ1) is 31.3. The Morgan fingerprint density at radius 2 is 1.50 bits per heavy atom. The fourth-order valence-electron chi connectivity index (χ4n) is 5.46. The quantitative estimate of drug-likeness (QED) is 0.144. The molecule has 7 nitrogen and oxygen atoms in total. The second-order valence-electron chi connectivity index (χ2n) is 10.8. The molecule has 0 radical (unpaired) electrons. The number of aromatic nitrogens is 1. The van der Waals surface area contributed by atoms with Crippen molar-refractivity contribution in [3.8, 4) is 5.75 Å². The number of carboxylic acid groups (broad SMARTS) is 1. The minimum absolute atomic E-state index is 0.184. The van der Waals surface area contributed by atoms with Crippen LogP contribution >= 0.6 is 11.6 Å². The van der Waals surface area contributed by atoms with Crippen LogP contribution in [0.15, 0.2) is 103 Å². The molecule has 0 aliphatic carbocycles. The van der Waals surface area contributed by atoms with Crippen molar-refractivity contribution >= 4 is 38.5 Å². The number of benzene rings is 4. The van der Waals surface area contributed by atoms with Gasteiger partial charge in [-0.2, -0.15) is 0 Å². The third kappa shape index (κ3) is 6.99. The number of rotatable bonds is 13. The number of nitrogens with one attached hydrogen (secondary N) is 1. The van der Waals surface area contributed by atoms with Crippen LogP contribution in [-0.2, 0) is 22.9 Å². The van der Waals surface area contributed by atoms with E-state index >= 15 is 0 Å². The maximum atomic E-state index is 12.7. The Morgan fingerprint density at radius 1 is 0.886 bits per heavy atom. The van der Waals surface area contributed by atoms with Crippen LogP contribution in [0, 0.1) is 0 Å². The number of ether oxygens (including phenoxy) is 1. The van der Waals surface area contributed by atoms with E-state index in [9.17, 15) is 18.3 Å². The van der Waals surface area contributed by atoms with Crippen molar-refractivity contribution in [3.63, 3.8) is 0 Å². The van der Waals surface area contributed by atoms with Crippen molar-refractivity contribution in [2.24, 2.45) is 0 Å². The second kappa shape index (κ2) is 13.7. The molecule has 0 unspecified atom stereocenters. The summed E-state index contributed by atoms with van der Waals surface area (Å²) in [5, 5.41) is 10.2. The standard InChI is InChI=1S/C35H35ClN2O5S/c1-24(2)44(41,42)37-21-19-33-30(20-22-43-29-16-13-27(14-17-29)35(39)40)31-23-28(36)15-18-32(31)38(33)34(25-9-5-3-6-10-25)26-11-7-4-8-12-26/h3-18,23-24,34,37H,19-22H2,1-2H3,(H,39,40). The second-order valence-corrected chi connectivity index (χ2v) is 13.6. The minimum Gasteiger partial charge on any atom is -0.493 e. The van der Waals surface area contributed by atoms with Gasteiger partial charge < -0.3 is 14.4 Å². The fraction of sp³-hybridized carbons (Fsp3) is 0.229. The van der Waals surface area contributed by atoms with Crippen molar-refractivity contribution in [2.75, 3.05) is 13.2 Å². The fourth-order valence-corrected chi connectivity index (χ4v) is 6.35. The molecular weight excluding hydrogens is 596 g/mol. The zero-order chi connectivity index (χ0) is 31.3. The molecule has 1 heterocycles. The largest absolute Gasteiger partial charge is 0.493 e. The summed E-state index contributed by atoms with van der Waals surface area (Å²) in [6.07, 6.45) is 0.962. The van der Waals surface area contributed by atoms with E-state index in [4.69, 9.17) is 16.3 Å². The maximum Gasteiger partial charge on any atom is 0.335 e. The number of carbonyl (C=O) groups is 1. The Bertz CT molecular complexity index is 1800. The SMILES string of the molecule is CC(C)S(=O)(=O)NCCc1c(CCOc2ccc(C(=O)O)cc2)c2cc(Cl)ccc2n1C(c1ccccc1)c1ccccc1. The van der Waals surface area contributed by atoms with Gasteiger partial charge in [-0.05, 0) is 73.0 Å². The molecule has 0 spiro atoms. The van der Waals surface area contributed by atoms with E-state index in [1.54, 1.807) is 26.0 Å². The molecule has 44 heavy (non-hydrogen) atoms. The van der Waals surface area contributed by atoms with Crippen molar-refractivity contribution in [1.29, 1.82) is 0 Å². The summed E-state index contributed by atoms with van der Waals surface area (Å²) in [5.41, 5.74) is 5.36. The van der Waals surface area contributed by atoms with Gasteiger partial charge in [-0.15, -0.1) is 0 Å². The molecule has 0 saturated heterocycles. The predicted molar refractivity (Wildman–Crippen MR) is 175 cm³/mol. The first-order valence-corrected chi connectivity index (χ1v) is 16.4. The zero-order valence-electron chi connectivity index (χ0n) is 24.6. The van der Waals surface area contributed by atoms with Crippen LogP contribution in [0.4, 0.5) is 0 Å². The van der Waals surface area contributed by atoms with Gasteiger partial charge in [-0.3, -0.25) is 0 Å². The third-order valence-electron chi connectivity index (χ3n) is 7.68. The Hall–Kier alpha value is -4.11. The van der Waals surface area contributed by atoms with Gasteiger partial charge in [0.25, 0.3) is 0 Å². The lowest BCUT2D eigenvalue weighted by Gasteiger charge is -2.25. The summed E-state index contributed by atoms with van der Waals surface area (Å²) in [6, 6.07) is 32.5. The number of aromatic carboxylic acids is 1. The molecule has 1 aromatic heterocycles. The molecule has 0 atom stereocenters. The molecule has 0 aliphatic rings. The minimum atomic E-state index is -3.46. The van der Waals surface area contributed by atoms with Crippen molar-refractivity contribution in [1.82, 2.24) is 9.29 Å². The average Bonchev–Trinajstić information content (AvgIpc) is 3.30. The molecule has 4 aromatic carbocycles. The molecule has 9 heteroatoms. The average molecular weight is 631 g/mol. The molecule has 0 aliphatic heterocycles. The van der Waals surface area contributed by atoms with E-state index in [2.05, 4.69) is 33.6 Å². The number of sulfonamides is 1. The summed E-state index contributed by atoms with van der Waals surface area (Å²) in [4.78, 5) is 11.3. The summed E-state index contributed by atoms with van der Waals surface area (Å²) < 4.78 is 36.5. The number of carboxylic acids is 1. The van der Waals surface area contributed by atoms with Crippen LogP contribution in [0.1, 0.15) is 52.6 Å². The summed E-state index contributed by atoms with van der Waals surface area (Å²) >= 11 is 6.56. The van der Waals surface area contributed by atoms with E-state index < -0.39 is 21.2 Å². The number of nitrogens with zero attached hydrogens (tertiary/aromatic N) is 1. The van der Waals surface area contributed by atoms with Crippen molar-refractivity contribution in [2.45, 2.75) is 38.0 Å². The van der Waals surface area contributed by atoms with Gasteiger partial charge in [0.2, 0.25) is 10.0 Å². The Labute approximate surface area is 263 Å². The van der Waals surface area contributed by atoms with Crippen molar-refractivity contribution < 1.29 is 23.1 Å². The summed E-state index contributed by atoms with van der Waals surface area (Å²) in [6.45, 7) is 3.87. The number of hydrogen-bond acceptors (Lipinski definition) is 4. The van der Waals surface area contributed by atoms with Crippen LogP contribution in [0.3, 0.4) is 0 Å². The Balaban J connectivity index is 1.62. The van der Waals surface area contributed by atoms with Crippen molar-refractivity contribution in [3.05, 3.63) is 136 Å². The van der Waals surface area contributed by atoms with Crippen LogP contribution in [0.2, 0.25) is 5.02 Å². The van der Waals surface area contributed by atoms with Gasteiger partial charge in [0.1, 0.15) is 5.75 Å². The van der Waals surface area contributed by atoms with Crippen LogP contribution < -0.4 is 9.46 Å². The monoisotopic (exact) mass is 630 g/mol. The smallest absolute Gasteiger partial charge is 0.335 e. The maximum absolute atomic E-state index is 12.7. The Morgan fingerprint density at radius 3 is 2.07 bits per heavy atom. The number of fused-ring (bicyclic) bond motifs is 1. The molecule has 0 saturated carbocycles. The van der Waals surface area contributed by atoms with Gasteiger partial charge in [0, 0.05) is 41.0 Å². The van der Waals surface area contributed by atoms with E-state index in [0.29, 0.717) is 30.2 Å². The van der Waals surface area contributed by atoms with Crippen LogP contribution in [0.5, 0.6) is 5.75 Å². The molecule has 2 N–H and O–H groups in total. The van der Waals surface area contributed by atoms with E-state index in [1.165, 1.54) is 12.1 Å². The highest BCUT2D eigenvalue weighted by Gasteiger charge is 2.26. The molecule has 228 valence electrons. The lowest BCUT2D eigenvalue weighted by Crippen LogP contribution is -2.33. The first-order chi connectivity index (χ1) is 21.2. The zero-order valence-corrected chi connectivity index (χ0v) is 26.2. The molecule has 0 amide bonds. The topological polar surface area (TPSA) is 97.6 Å². The van der Waals surface area contributed by atoms with Gasteiger partial charge >= 0.3 is 5.97 Å². The van der Waals surface area contributed by atoms with Gasteiger partial charge in [0.15, 0.2) is 0 Å². The molecule has 0 fully saturated rings. The molecule has 0 bridgehead atoms. The summed E-state index contributed by atoms with van der Waals surface area (Å²) in [5.74, 6) is -0.431. The molecule has 5 rings (SSSR count). The Kier molecular flexibility index (Phi) is 9.74. The molecule has 5 aromatic rings. The third-order valence-corrected chi connectivity index (χ3v) is 9.76. The summed E-state index contributed by atoms with van der Waals surface area (Å²) in [7, 11) is -3.46.